The molecule has 0 aliphatic heterocycles. The molecule has 9 nitrogen and oxygen atoms in total. The van der Waals surface area contributed by atoms with Gasteiger partial charge in [0, 0.05) is 46.4 Å². The summed E-state index contributed by atoms with van der Waals surface area (Å²) in [4.78, 5) is 16.6. The standard InChI is InChI=1S/C50H24F3N7O2.2Pt/c51-47-48(52)56-50(57-49(47)53)60-43-27-31(61-29-15-19-35-33-9-1-3-11-39(33)58(41(35)25-29)45-13-5-7-23-54-45)17-21-37(43)38-22-18-32(28-44(38)60)62-30-16-20-36-34-10-2-4-12-40(34)59(42(36)26-30)46-14-6-8-24-55-46;;/h1-24H;;/q-4;2*+2. The molecule has 0 spiro atoms. The predicted octanol–water partition coefficient (Wildman–Crippen LogP) is 11.8. The summed E-state index contributed by atoms with van der Waals surface area (Å²) < 4.78 is 62.0. The van der Waals surface area contributed by atoms with Gasteiger partial charge in [0.2, 0.25) is 11.8 Å². The smallest absolute Gasteiger partial charge is 0.509 e. The number of nitrogens with zero attached hydrogens (tertiary/aromatic N) is 7. The maximum Gasteiger partial charge on any atom is 2.00 e. The number of hydrogen-bond donors (Lipinski definition) is 0. The van der Waals surface area contributed by atoms with Gasteiger partial charge in [0.25, 0.3) is 11.9 Å². The number of halogens is 3. The Morgan fingerprint density at radius 2 is 0.750 bits per heavy atom. The van der Waals surface area contributed by atoms with Gasteiger partial charge in [-0.1, -0.05) is 70.6 Å². The molecule has 6 aromatic heterocycles. The van der Waals surface area contributed by atoms with Gasteiger partial charge >= 0.3 is 42.1 Å². The summed E-state index contributed by atoms with van der Waals surface area (Å²) in [6.07, 6.45) is 3.47. The van der Waals surface area contributed by atoms with E-state index < -0.39 is 23.7 Å². The third-order valence-corrected chi connectivity index (χ3v) is 10.8. The van der Waals surface area contributed by atoms with Crippen molar-refractivity contribution < 1.29 is 64.8 Å². The first-order chi connectivity index (χ1) is 30.5. The molecule has 64 heavy (non-hydrogen) atoms. The maximum absolute atomic E-state index is 14.8. The van der Waals surface area contributed by atoms with Crippen LogP contribution in [0.15, 0.2) is 146 Å². The van der Waals surface area contributed by atoms with E-state index in [1.54, 1.807) is 48.8 Å². The van der Waals surface area contributed by atoms with Crippen molar-refractivity contribution in [3.63, 3.8) is 0 Å². The summed E-state index contributed by atoms with van der Waals surface area (Å²) in [6.45, 7) is 0. The molecule has 0 aliphatic carbocycles. The molecule has 0 bridgehead atoms. The molecule has 312 valence electrons. The minimum Gasteiger partial charge on any atom is -0.509 e. The zero-order valence-electron chi connectivity index (χ0n) is 32.6. The van der Waals surface area contributed by atoms with Gasteiger partial charge in [-0.05, 0) is 47.2 Å². The molecule has 0 fully saturated rings. The van der Waals surface area contributed by atoms with Crippen LogP contribution in [0.2, 0.25) is 0 Å². The Kier molecular flexibility index (Phi) is 10.4. The molecule has 0 saturated carbocycles. The van der Waals surface area contributed by atoms with E-state index in [4.69, 9.17) is 9.47 Å². The van der Waals surface area contributed by atoms with Crippen LogP contribution in [0, 0.1) is 42.0 Å². The van der Waals surface area contributed by atoms with E-state index in [0.717, 1.165) is 43.6 Å². The number of ether oxygens (including phenoxy) is 2. The summed E-state index contributed by atoms with van der Waals surface area (Å²) in [5.74, 6) is -2.89. The van der Waals surface area contributed by atoms with Crippen LogP contribution in [-0.2, 0) is 42.1 Å². The molecule has 0 unspecified atom stereocenters. The van der Waals surface area contributed by atoms with Gasteiger partial charge in [0.15, 0.2) is 0 Å². The van der Waals surface area contributed by atoms with Crippen LogP contribution < -0.4 is 9.47 Å². The van der Waals surface area contributed by atoms with Gasteiger partial charge in [-0.25, -0.2) is 9.97 Å². The Labute approximate surface area is 389 Å². The van der Waals surface area contributed by atoms with Crippen molar-refractivity contribution in [2.45, 2.75) is 0 Å². The fourth-order valence-electron chi connectivity index (χ4n) is 8.18. The zero-order valence-corrected chi connectivity index (χ0v) is 37.1. The number of pyridine rings is 2. The molecule has 6 heterocycles. The number of fused-ring (bicyclic) bond motifs is 9. The SMILES string of the molecule is Fc1nc(-n2c3[c-]c(Oc4[c-]c5c(cc4)c4ccccc4n5-c4ccccn4)ccc3c3ccc(Oc4[c-]c5c(cc4)c4ccccc4n5-c4ccccn4)[c-]c32)nc(F)c1F.[Pt+2].[Pt+2]. The van der Waals surface area contributed by atoms with Gasteiger partial charge in [0.05, 0.1) is 0 Å². The van der Waals surface area contributed by atoms with Crippen molar-refractivity contribution in [3.8, 4) is 40.6 Å². The first-order valence-corrected chi connectivity index (χ1v) is 19.4. The zero-order chi connectivity index (χ0) is 41.5. The first kappa shape index (κ1) is 40.9. The Hall–Kier alpha value is -7.13. The molecule has 0 N–H and O–H groups in total. The first-order valence-electron chi connectivity index (χ1n) is 19.4. The average Bonchev–Trinajstić information content (AvgIpc) is 3.93. The molecule has 0 amide bonds. The van der Waals surface area contributed by atoms with Crippen molar-refractivity contribution in [3.05, 3.63) is 188 Å². The topological polar surface area (TPSA) is 84.8 Å². The van der Waals surface area contributed by atoms with Crippen molar-refractivity contribution in [1.29, 1.82) is 0 Å². The van der Waals surface area contributed by atoms with E-state index >= 15 is 0 Å². The third-order valence-electron chi connectivity index (χ3n) is 10.8. The molecule has 0 saturated heterocycles. The molecular weight excluding hydrogens is 1180 g/mol. The minimum absolute atomic E-state index is 0. The summed E-state index contributed by atoms with van der Waals surface area (Å²) in [7, 11) is 0. The van der Waals surface area contributed by atoms with E-state index in [0.29, 0.717) is 33.9 Å². The van der Waals surface area contributed by atoms with Crippen molar-refractivity contribution in [2.24, 2.45) is 0 Å². The second-order valence-corrected chi connectivity index (χ2v) is 14.4. The van der Waals surface area contributed by atoms with Crippen molar-refractivity contribution in [2.75, 3.05) is 0 Å². The van der Waals surface area contributed by atoms with Gasteiger partial charge in [-0.2, -0.15) is 58.2 Å². The molecule has 14 heteroatoms. The number of para-hydroxylation sites is 2. The molecule has 0 aliphatic rings. The second-order valence-electron chi connectivity index (χ2n) is 14.4. The van der Waals surface area contributed by atoms with Crippen LogP contribution in [0.5, 0.6) is 23.0 Å². The van der Waals surface area contributed by atoms with E-state index in [2.05, 4.69) is 44.2 Å². The van der Waals surface area contributed by atoms with Crippen LogP contribution in [0.4, 0.5) is 13.2 Å². The van der Waals surface area contributed by atoms with E-state index in [9.17, 15) is 13.2 Å². The molecule has 12 rings (SSSR count). The second kappa shape index (κ2) is 16.2. The molecular formula is C50H24F3N7O2Pt2. The Bertz CT molecular complexity index is 3530. The van der Waals surface area contributed by atoms with E-state index in [1.165, 1.54) is 4.57 Å². The quantitative estimate of drug-likeness (QED) is 0.117. The summed E-state index contributed by atoms with van der Waals surface area (Å²) in [6, 6.07) is 55.3. The molecule has 6 aromatic carbocycles. The van der Waals surface area contributed by atoms with Crippen molar-refractivity contribution >= 4 is 65.4 Å². The summed E-state index contributed by atoms with van der Waals surface area (Å²) >= 11 is 0. The fourth-order valence-corrected chi connectivity index (χ4v) is 8.18. The Morgan fingerprint density at radius 3 is 1.14 bits per heavy atom. The van der Waals surface area contributed by atoms with Gasteiger partial charge in [-0.15, -0.1) is 59.3 Å². The van der Waals surface area contributed by atoms with Crippen LogP contribution in [0.1, 0.15) is 0 Å². The van der Waals surface area contributed by atoms with Crippen LogP contribution >= 0.6 is 0 Å². The van der Waals surface area contributed by atoms with Gasteiger partial charge in [-0.3, -0.25) is 0 Å². The molecule has 0 atom stereocenters. The normalized spacial score (nSPS) is 11.4. The Balaban J connectivity index is 0.00000242. The monoisotopic (exact) mass is 1200 g/mol. The number of aromatic nitrogens is 7. The molecule has 0 radical (unpaired) electrons. The fraction of sp³-hybridized carbons (Fsp3) is 0. The largest absolute Gasteiger partial charge is 2.00 e. The number of rotatable bonds is 7. The number of hydrogen-bond acceptors (Lipinski definition) is 6. The van der Waals surface area contributed by atoms with E-state index in [-0.39, 0.29) is 64.7 Å². The third kappa shape index (κ3) is 6.64. The molecule has 12 aromatic rings. The minimum atomic E-state index is -1.79. The van der Waals surface area contributed by atoms with Crippen LogP contribution in [0.3, 0.4) is 0 Å². The van der Waals surface area contributed by atoms with Crippen molar-refractivity contribution in [1.82, 2.24) is 33.6 Å². The van der Waals surface area contributed by atoms with E-state index in [1.807, 2.05) is 106 Å². The Morgan fingerprint density at radius 1 is 0.391 bits per heavy atom. The van der Waals surface area contributed by atoms with Crippen LogP contribution in [-0.4, -0.2) is 33.6 Å². The average molecular weight is 1200 g/mol. The maximum atomic E-state index is 14.8. The van der Waals surface area contributed by atoms with Gasteiger partial charge in [0.1, 0.15) is 11.6 Å². The summed E-state index contributed by atoms with van der Waals surface area (Å²) in [5, 5.41) is 5.17. The summed E-state index contributed by atoms with van der Waals surface area (Å²) in [5.41, 5.74) is 3.98. The predicted molar refractivity (Wildman–Crippen MR) is 229 cm³/mol. The van der Waals surface area contributed by atoms with Gasteiger partial charge < -0.3 is 23.2 Å². The number of benzene rings is 6. The van der Waals surface area contributed by atoms with Crippen LogP contribution in [0.25, 0.3) is 83.0 Å².